The molecule has 3 rings (SSSR count). The summed E-state index contributed by atoms with van der Waals surface area (Å²) in [6.45, 7) is 2.24. The summed E-state index contributed by atoms with van der Waals surface area (Å²) in [5, 5.41) is 2.87. The molecule has 1 amide bonds. The smallest absolute Gasteiger partial charge is 0.349 e. The first kappa shape index (κ1) is 17.2. The number of esters is 1. The van der Waals surface area contributed by atoms with Crippen molar-refractivity contribution in [2.45, 2.75) is 64.4 Å². The normalized spacial score (nSPS) is 17.8. The summed E-state index contributed by atoms with van der Waals surface area (Å²) < 4.78 is 5.32. The van der Waals surface area contributed by atoms with Crippen LogP contribution in [0.5, 0.6) is 0 Å². The second-order valence-electron chi connectivity index (χ2n) is 6.61. The first-order valence-electron chi connectivity index (χ1n) is 8.91. The Kier molecular flexibility index (Phi) is 5.72. The largest absolute Gasteiger partial charge is 0.448 e. The van der Waals surface area contributed by atoms with Crippen molar-refractivity contribution in [1.82, 2.24) is 5.32 Å². The molecule has 0 saturated carbocycles. The van der Waals surface area contributed by atoms with E-state index in [4.69, 9.17) is 4.74 Å². The van der Waals surface area contributed by atoms with Crippen molar-refractivity contribution in [3.63, 3.8) is 0 Å². The molecule has 0 aliphatic heterocycles. The Morgan fingerprint density at radius 2 is 2.12 bits per heavy atom. The lowest BCUT2D eigenvalue weighted by molar-refractivity contribution is -0.129. The molecule has 0 bridgehead atoms. The van der Waals surface area contributed by atoms with Gasteiger partial charge < -0.3 is 10.1 Å². The quantitative estimate of drug-likeness (QED) is 0.629. The Balaban J connectivity index is 1.43. The number of thiophene rings is 1. The monoisotopic (exact) mass is 347 g/mol. The number of hydrogen-bond donors (Lipinski definition) is 1. The predicted octanol–water partition coefficient (Wildman–Crippen LogP) is 3.79. The number of carbonyl (C=O) groups is 2. The maximum Gasteiger partial charge on any atom is 0.349 e. The van der Waals surface area contributed by atoms with Crippen LogP contribution in [0.3, 0.4) is 0 Å². The minimum Gasteiger partial charge on any atom is -0.448 e. The van der Waals surface area contributed by atoms with Crippen molar-refractivity contribution in [1.29, 1.82) is 0 Å². The summed E-state index contributed by atoms with van der Waals surface area (Å²) in [4.78, 5) is 26.2. The second kappa shape index (κ2) is 7.97. The Morgan fingerprint density at radius 1 is 1.25 bits per heavy atom. The molecule has 0 radical (unpaired) electrons. The van der Waals surface area contributed by atoms with Crippen LogP contribution in [0.4, 0.5) is 0 Å². The number of carbonyl (C=O) groups excluding carboxylic acids is 2. The van der Waals surface area contributed by atoms with Gasteiger partial charge in [-0.05, 0) is 69.9 Å². The Bertz CT molecular complexity index is 626. The molecule has 5 heteroatoms. The number of ether oxygens (including phenoxy) is 1. The van der Waals surface area contributed by atoms with Gasteiger partial charge in [-0.2, -0.15) is 0 Å². The molecule has 24 heavy (non-hydrogen) atoms. The third kappa shape index (κ3) is 4.26. The fourth-order valence-electron chi connectivity index (χ4n) is 3.32. The fraction of sp³-hybridized carbons (Fsp3) is 0.579. The van der Waals surface area contributed by atoms with Crippen LogP contribution < -0.4 is 5.32 Å². The van der Waals surface area contributed by atoms with E-state index in [1.807, 2.05) is 6.07 Å². The molecule has 1 N–H and O–H groups in total. The van der Waals surface area contributed by atoms with Gasteiger partial charge in [0.05, 0.1) is 0 Å². The standard InChI is InChI=1S/C19H25NO3S/c1-13(18(21)20-11-10-14-6-3-2-4-7-14)23-19(22)17-12-15-8-5-9-16(15)24-17/h6,12-13H,2-5,7-11H2,1H3,(H,20,21)/t13-/m1/s1. The van der Waals surface area contributed by atoms with Crippen LogP contribution in [0.15, 0.2) is 17.7 Å². The summed E-state index contributed by atoms with van der Waals surface area (Å²) in [5.74, 6) is -0.601. The van der Waals surface area contributed by atoms with Gasteiger partial charge in [-0.15, -0.1) is 11.3 Å². The van der Waals surface area contributed by atoms with Gasteiger partial charge in [0.1, 0.15) is 4.88 Å². The molecule has 130 valence electrons. The van der Waals surface area contributed by atoms with Crippen molar-refractivity contribution in [3.05, 3.63) is 33.0 Å². The highest BCUT2D eigenvalue weighted by Crippen LogP contribution is 2.31. The van der Waals surface area contributed by atoms with E-state index < -0.39 is 6.10 Å². The van der Waals surface area contributed by atoms with Crippen molar-refractivity contribution < 1.29 is 14.3 Å². The van der Waals surface area contributed by atoms with Crippen LogP contribution in [0.2, 0.25) is 0 Å². The molecule has 0 fully saturated rings. The third-order valence-corrected chi connectivity index (χ3v) is 5.95. The first-order valence-corrected chi connectivity index (χ1v) is 9.73. The van der Waals surface area contributed by atoms with E-state index in [0.717, 1.165) is 32.1 Å². The van der Waals surface area contributed by atoms with Gasteiger partial charge in [-0.3, -0.25) is 4.79 Å². The van der Waals surface area contributed by atoms with E-state index in [2.05, 4.69) is 11.4 Å². The molecular formula is C19H25NO3S. The molecular weight excluding hydrogens is 322 g/mol. The number of amides is 1. The fourth-order valence-corrected chi connectivity index (χ4v) is 4.46. The maximum atomic E-state index is 12.2. The molecule has 0 unspecified atom stereocenters. The first-order chi connectivity index (χ1) is 11.6. The van der Waals surface area contributed by atoms with Crippen LogP contribution in [0, 0.1) is 0 Å². The molecule has 1 aromatic heterocycles. The van der Waals surface area contributed by atoms with Crippen molar-refractivity contribution in [2.24, 2.45) is 0 Å². The number of nitrogens with one attached hydrogen (secondary N) is 1. The highest BCUT2D eigenvalue weighted by atomic mass is 32.1. The molecule has 4 nitrogen and oxygen atoms in total. The SMILES string of the molecule is C[C@@H](OC(=O)c1cc2c(s1)CCC2)C(=O)NCCC1=CCCCC1. The van der Waals surface area contributed by atoms with Crippen LogP contribution >= 0.6 is 11.3 Å². The summed E-state index contributed by atoms with van der Waals surface area (Å²) >= 11 is 1.51. The number of aryl methyl sites for hydroxylation is 2. The van der Waals surface area contributed by atoms with Gasteiger partial charge in [-0.1, -0.05) is 11.6 Å². The minimum atomic E-state index is -0.755. The van der Waals surface area contributed by atoms with Gasteiger partial charge >= 0.3 is 5.97 Å². The van der Waals surface area contributed by atoms with Crippen LogP contribution in [-0.4, -0.2) is 24.5 Å². The number of rotatable bonds is 6. The van der Waals surface area contributed by atoms with Crippen molar-refractivity contribution in [3.8, 4) is 0 Å². The van der Waals surface area contributed by atoms with Gasteiger partial charge in [0.25, 0.3) is 5.91 Å². The van der Waals surface area contributed by atoms with Crippen molar-refractivity contribution in [2.75, 3.05) is 6.54 Å². The van der Waals surface area contributed by atoms with Gasteiger partial charge in [0.15, 0.2) is 6.10 Å². The number of fused-ring (bicyclic) bond motifs is 1. The third-order valence-electron chi connectivity index (χ3n) is 4.73. The Morgan fingerprint density at radius 3 is 2.88 bits per heavy atom. The molecule has 0 aromatic carbocycles. The zero-order valence-electron chi connectivity index (χ0n) is 14.2. The van der Waals surface area contributed by atoms with Gasteiger partial charge in [0.2, 0.25) is 0 Å². The summed E-state index contributed by atoms with van der Waals surface area (Å²) in [5.41, 5.74) is 2.70. The molecule has 0 spiro atoms. The number of allylic oxidation sites excluding steroid dienone is 1. The zero-order chi connectivity index (χ0) is 16.9. The molecule has 1 aromatic rings. The summed E-state index contributed by atoms with van der Waals surface area (Å²) in [7, 11) is 0. The zero-order valence-corrected chi connectivity index (χ0v) is 15.0. The highest BCUT2D eigenvalue weighted by Gasteiger charge is 2.23. The Hall–Kier alpha value is -1.62. The molecule has 1 heterocycles. The average Bonchev–Trinajstić information content (AvgIpc) is 3.17. The predicted molar refractivity (Wildman–Crippen MR) is 95.4 cm³/mol. The van der Waals surface area contributed by atoms with E-state index in [-0.39, 0.29) is 11.9 Å². The number of hydrogen-bond acceptors (Lipinski definition) is 4. The van der Waals surface area contributed by atoms with Crippen molar-refractivity contribution >= 4 is 23.2 Å². The average molecular weight is 347 g/mol. The molecule has 0 saturated heterocycles. The van der Waals surface area contributed by atoms with Crippen LogP contribution in [-0.2, 0) is 22.4 Å². The van der Waals surface area contributed by atoms with E-state index in [1.165, 1.54) is 46.6 Å². The second-order valence-corrected chi connectivity index (χ2v) is 7.75. The topological polar surface area (TPSA) is 55.4 Å². The van der Waals surface area contributed by atoms with Gasteiger partial charge in [-0.25, -0.2) is 4.79 Å². The van der Waals surface area contributed by atoms with Gasteiger partial charge in [0, 0.05) is 11.4 Å². The lowest BCUT2D eigenvalue weighted by Gasteiger charge is -2.15. The molecule has 2 aliphatic rings. The van der Waals surface area contributed by atoms with E-state index >= 15 is 0 Å². The minimum absolute atomic E-state index is 0.219. The Labute approximate surface area is 147 Å². The van der Waals surface area contributed by atoms with Crippen LogP contribution in [0.1, 0.15) is 65.6 Å². The molecule has 2 aliphatic carbocycles. The molecule has 1 atom stereocenters. The highest BCUT2D eigenvalue weighted by molar-refractivity contribution is 7.14. The summed E-state index contributed by atoms with van der Waals surface area (Å²) in [6.07, 6.45) is 10.5. The van der Waals surface area contributed by atoms with Crippen LogP contribution in [0.25, 0.3) is 0 Å². The lowest BCUT2D eigenvalue weighted by atomic mass is 9.97. The van der Waals surface area contributed by atoms with E-state index in [9.17, 15) is 9.59 Å². The lowest BCUT2D eigenvalue weighted by Crippen LogP contribution is -2.36. The summed E-state index contributed by atoms with van der Waals surface area (Å²) in [6, 6.07) is 1.93. The van der Waals surface area contributed by atoms with E-state index in [0.29, 0.717) is 11.4 Å². The van der Waals surface area contributed by atoms with E-state index in [1.54, 1.807) is 6.92 Å². The maximum absolute atomic E-state index is 12.2.